The fourth-order valence-corrected chi connectivity index (χ4v) is 7.84. The van der Waals surface area contributed by atoms with E-state index in [2.05, 4.69) is 17.5 Å². The van der Waals surface area contributed by atoms with E-state index in [1.54, 1.807) is 12.1 Å². The first-order valence-electron chi connectivity index (χ1n) is 16.1. The number of carbonyl (C=O) groups is 1. The summed E-state index contributed by atoms with van der Waals surface area (Å²) in [6.45, 7) is 3.04. The van der Waals surface area contributed by atoms with Gasteiger partial charge in [-0.2, -0.15) is 4.31 Å². The lowest BCUT2D eigenvalue weighted by molar-refractivity contribution is -0.0907. The molecule has 0 spiro atoms. The van der Waals surface area contributed by atoms with Crippen LogP contribution in [-0.2, 0) is 30.7 Å². The van der Waals surface area contributed by atoms with Crippen molar-refractivity contribution >= 4 is 16.1 Å². The topological polar surface area (TPSA) is 133 Å². The summed E-state index contributed by atoms with van der Waals surface area (Å²) in [4.78, 5) is 13.2. The molecule has 0 radical (unpaired) electrons. The molecule has 2 aromatic carbocycles. The fraction of sp³-hybridized carbons (Fsp3) is 0.559. The van der Waals surface area contributed by atoms with Crippen molar-refractivity contribution in [2.75, 3.05) is 40.0 Å². The van der Waals surface area contributed by atoms with Gasteiger partial charge in [-0.15, -0.1) is 0 Å². The van der Waals surface area contributed by atoms with Gasteiger partial charge >= 0.3 is 6.09 Å². The van der Waals surface area contributed by atoms with Gasteiger partial charge in [-0.3, -0.25) is 0 Å². The predicted octanol–water partition coefficient (Wildman–Crippen LogP) is 4.29. The Morgan fingerprint density at radius 1 is 1.09 bits per heavy atom. The first kappa shape index (κ1) is 34.2. The van der Waals surface area contributed by atoms with Crippen LogP contribution in [-0.4, -0.2) is 88.5 Å². The van der Waals surface area contributed by atoms with Crippen LogP contribution in [0.2, 0.25) is 0 Å². The zero-order valence-corrected chi connectivity index (χ0v) is 27.4. The highest BCUT2D eigenvalue weighted by Crippen LogP contribution is 2.34. The molecule has 1 amide bonds. The van der Waals surface area contributed by atoms with Crippen LogP contribution in [0.5, 0.6) is 11.5 Å². The Labute approximate surface area is 271 Å². The number of hydrogen-bond acceptors (Lipinski definition) is 9. The summed E-state index contributed by atoms with van der Waals surface area (Å²) in [6, 6.07) is 13.2. The normalized spacial score (nSPS) is 27.2. The maximum absolute atomic E-state index is 14.4. The van der Waals surface area contributed by atoms with Gasteiger partial charge in [0.15, 0.2) is 6.29 Å². The van der Waals surface area contributed by atoms with E-state index in [1.165, 1.54) is 17.5 Å². The number of β-amino-alcohol motifs (C(OH)–C–C–N with tert-alkyl or cyclic N) is 1. The third kappa shape index (κ3) is 8.80. The first-order chi connectivity index (χ1) is 22.2. The standard InChI is InChI=1S/C34H46N2O9S/c1-24-11-7-4-3-5-10-17-42-30-20-26(41-2)14-15-32(30)46(39,40)36(21-24)22-29(37)28(19-25-12-8-6-9-13-25)35-34(38)45-31-23-44-33-27(31)16-18-43-33/h3-4,6,8-9,12-15,20,24,27-29,31,33,37H,5,7,10-11,16-19,21-23H2,1-2H3,(H,35,38)/b4-3-/t24-,27-,28-,29+,31-,33+/m0/s1. The molecule has 3 aliphatic rings. The lowest BCUT2D eigenvalue weighted by Gasteiger charge is -2.32. The average Bonchev–Trinajstić information content (AvgIpc) is 3.67. The van der Waals surface area contributed by atoms with E-state index < -0.39 is 34.4 Å². The Kier molecular flexibility index (Phi) is 12.0. The average molecular weight is 659 g/mol. The SMILES string of the molecule is COc1ccc2c(c1)OCCC/C=C\CC[C@H](C)CN(C[C@@H](O)[C@H](Cc1ccccc1)NC(=O)O[C@H]1CO[C@H]3OCC[C@H]31)S2(=O)=O. The van der Waals surface area contributed by atoms with E-state index in [9.17, 15) is 18.3 Å². The molecule has 0 unspecified atom stereocenters. The molecule has 2 N–H and O–H groups in total. The van der Waals surface area contributed by atoms with Crippen LogP contribution in [0, 0.1) is 11.8 Å². The van der Waals surface area contributed by atoms with E-state index in [4.69, 9.17) is 23.7 Å². The van der Waals surface area contributed by atoms with Gasteiger partial charge in [-0.05, 0) is 62.1 Å². The van der Waals surface area contributed by atoms with Crippen molar-refractivity contribution in [3.05, 3.63) is 66.2 Å². The summed E-state index contributed by atoms with van der Waals surface area (Å²) < 4.78 is 58.3. The number of alkyl carbamates (subject to hydrolysis) is 1. The van der Waals surface area contributed by atoms with E-state index in [-0.39, 0.29) is 54.9 Å². The summed E-state index contributed by atoms with van der Waals surface area (Å²) in [5, 5.41) is 14.6. The molecule has 12 heteroatoms. The van der Waals surface area contributed by atoms with Gasteiger partial charge in [-0.25, -0.2) is 13.2 Å². The highest BCUT2D eigenvalue weighted by molar-refractivity contribution is 7.89. The second kappa shape index (κ2) is 16.1. The molecule has 2 aromatic rings. The Morgan fingerprint density at radius 3 is 2.70 bits per heavy atom. The first-order valence-corrected chi connectivity index (χ1v) is 17.6. The van der Waals surface area contributed by atoms with Crippen LogP contribution in [0.4, 0.5) is 4.79 Å². The number of allylic oxidation sites excluding steroid dienone is 2. The molecule has 11 nitrogen and oxygen atoms in total. The van der Waals surface area contributed by atoms with Crippen LogP contribution >= 0.6 is 0 Å². The minimum absolute atomic E-state index is 0.00171. The van der Waals surface area contributed by atoms with E-state index in [1.807, 2.05) is 37.3 Å². The maximum Gasteiger partial charge on any atom is 0.407 e. The number of hydrogen-bond donors (Lipinski definition) is 2. The van der Waals surface area contributed by atoms with Crippen molar-refractivity contribution in [2.45, 2.75) is 74.9 Å². The third-order valence-electron chi connectivity index (χ3n) is 8.75. The molecule has 5 rings (SSSR count). The molecule has 0 saturated carbocycles. The number of carbonyl (C=O) groups excluding carboxylic acids is 1. The molecule has 252 valence electrons. The summed E-state index contributed by atoms with van der Waals surface area (Å²) in [7, 11) is -2.63. The minimum Gasteiger partial charge on any atom is -0.497 e. The van der Waals surface area contributed by atoms with E-state index in [0.717, 1.165) is 37.7 Å². The summed E-state index contributed by atoms with van der Waals surface area (Å²) >= 11 is 0. The number of sulfonamides is 1. The van der Waals surface area contributed by atoms with Gasteiger partial charge in [0.2, 0.25) is 10.0 Å². The lowest BCUT2D eigenvalue weighted by Crippen LogP contribution is -2.51. The number of nitrogens with zero attached hydrogens (tertiary/aromatic N) is 1. The molecule has 0 aliphatic carbocycles. The second-order valence-corrected chi connectivity index (χ2v) is 14.2. The Morgan fingerprint density at radius 2 is 1.89 bits per heavy atom. The van der Waals surface area contributed by atoms with Gasteiger partial charge in [0.05, 0.1) is 45.0 Å². The molecule has 2 saturated heterocycles. The molecular weight excluding hydrogens is 612 g/mol. The number of fused-ring (bicyclic) bond motifs is 2. The van der Waals surface area contributed by atoms with Gasteiger partial charge < -0.3 is 34.1 Å². The number of nitrogens with one attached hydrogen (secondary N) is 1. The molecular formula is C34H46N2O9S. The van der Waals surface area contributed by atoms with Crippen molar-refractivity contribution in [3.8, 4) is 11.5 Å². The van der Waals surface area contributed by atoms with Crippen LogP contribution in [0.1, 0.15) is 44.6 Å². The second-order valence-electron chi connectivity index (χ2n) is 12.3. The number of ether oxygens (including phenoxy) is 5. The molecule has 0 bridgehead atoms. The maximum atomic E-state index is 14.4. The van der Waals surface area contributed by atoms with Crippen LogP contribution in [0.15, 0.2) is 65.6 Å². The van der Waals surface area contributed by atoms with Crippen LogP contribution < -0.4 is 14.8 Å². The van der Waals surface area contributed by atoms with Crippen molar-refractivity contribution in [3.63, 3.8) is 0 Å². The quantitative estimate of drug-likeness (QED) is 0.399. The summed E-state index contributed by atoms with van der Waals surface area (Å²) in [6.07, 6.45) is 5.59. The van der Waals surface area contributed by atoms with E-state index in [0.29, 0.717) is 19.0 Å². The van der Waals surface area contributed by atoms with Gasteiger partial charge in [0.25, 0.3) is 0 Å². The highest BCUT2D eigenvalue weighted by Gasteiger charge is 2.44. The molecule has 6 atom stereocenters. The monoisotopic (exact) mass is 658 g/mol. The molecule has 0 aromatic heterocycles. The fourth-order valence-electron chi connectivity index (χ4n) is 6.15. The number of benzene rings is 2. The van der Waals surface area contributed by atoms with Crippen molar-refractivity contribution in [1.82, 2.24) is 9.62 Å². The smallest absolute Gasteiger partial charge is 0.407 e. The molecule has 2 fully saturated rings. The number of methoxy groups -OCH3 is 1. The highest BCUT2D eigenvalue weighted by atomic mass is 32.2. The third-order valence-corrected chi connectivity index (χ3v) is 10.6. The number of amides is 1. The van der Waals surface area contributed by atoms with Crippen molar-refractivity contribution in [2.24, 2.45) is 11.8 Å². The Bertz CT molecular complexity index is 1420. The van der Waals surface area contributed by atoms with Crippen molar-refractivity contribution < 1.29 is 42.0 Å². The zero-order chi connectivity index (χ0) is 32.5. The number of aliphatic hydroxyl groups is 1. The molecule has 3 aliphatic heterocycles. The largest absolute Gasteiger partial charge is 0.497 e. The van der Waals surface area contributed by atoms with Gasteiger partial charge in [-0.1, -0.05) is 49.4 Å². The summed E-state index contributed by atoms with van der Waals surface area (Å²) in [5.41, 5.74) is 0.871. The van der Waals surface area contributed by atoms with Gasteiger partial charge in [0, 0.05) is 19.2 Å². The number of aliphatic hydroxyl groups excluding tert-OH is 1. The molecule has 46 heavy (non-hydrogen) atoms. The Balaban J connectivity index is 1.40. The van der Waals surface area contributed by atoms with Crippen molar-refractivity contribution in [1.29, 1.82) is 0 Å². The van der Waals surface area contributed by atoms with Crippen LogP contribution in [0.3, 0.4) is 0 Å². The number of rotatable bonds is 8. The molecule has 3 heterocycles. The minimum atomic E-state index is -4.15. The van der Waals surface area contributed by atoms with Crippen LogP contribution in [0.25, 0.3) is 0 Å². The van der Waals surface area contributed by atoms with E-state index >= 15 is 0 Å². The predicted molar refractivity (Wildman–Crippen MR) is 171 cm³/mol. The zero-order valence-electron chi connectivity index (χ0n) is 26.6. The van der Waals surface area contributed by atoms with Gasteiger partial charge in [0.1, 0.15) is 22.5 Å². The summed E-state index contributed by atoms with van der Waals surface area (Å²) in [5.74, 6) is 0.625. The Hall–Kier alpha value is -3.16. The lowest BCUT2D eigenvalue weighted by atomic mass is 10.0.